The van der Waals surface area contributed by atoms with E-state index < -0.39 is 0 Å². The number of aryl methyl sites for hydroxylation is 2. The van der Waals surface area contributed by atoms with Crippen LogP contribution >= 0.6 is 24.0 Å². The van der Waals surface area contributed by atoms with Crippen LogP contribution in [0.4, 0.5) is 0 Å². The first-order valence-corrected chi connectivity index (χ1v) is 6.25. The molecule has 17 heavy (non-hydrogen) atoms. The summed E-state index contributed by atoms with van der Waals surface area (Å²) in [5.74, 6) is 0.105. The lowest BCUT2D eigenvalue weighted by atomic mass is 10.0. The minimum Gasteiger partial charge on any atom is -0.508 e. The van der Waals surface area contributed by atoms with Crippen molar-refractivity contribution in [2.45, 2.75) is 13.8 Å². The molecule has 0 aromatic heterocycles. The standard InChI is InChI=1S/C12H11NO2S2/c1-6-4-9(14)7(2)3-8(6)5-10-11(15)13-12(16)17-10/h3-5,14H,1-2H3,(H,13,15,16)/b10-5-. The van der Waals surface area contributed by atoms with E-state index in [0.717, 1.165) is 16.7 Å². The summed E-state index contributed by atoms with van der Waals surface area (Å²) < 4.78 is 0.481. The molecular formula is C12H11NO2S2. The number of carbonyl (C=O) groups is 1. The lowest BCUT2D eigenvalue weighted by molar-refractivity contribution is -0.115. The van der Waals surface area contributed by atoms with Gasteiger partial charge in [-0.3, -0.25) is 4.79 Å². The van der Waals surface area contributed by atoms with E-state index in [1.54, 1.807) is 12.1 Å². The van der Waals surface area contributed by atoms with Gasteiger partial charge in [-0.05, 0) is 48.7 Å². The Hall–Kier alpha value is -1.33. The van der Waals surface area contributed by atoms with Gasteiger partial charge in [0, 0.05) is 0 Å². The molecule has 0 saturated carbocycles. The normalized spacial score (nSPS) is 17.6. The number of aromatic hydroxyl groups is 1. The molecule has 1 aliphatic rings. The molecule has 0 spiro atoms. The number of thiocarbonyl (C=S) groups is 1. The molecule has 0 radical (unpaired) electrons. The van der Waals surface area contributed by atoms with Gasteiger partial charge in [0.1, 0.15) is 10.1 Å². The topological polar surface area (TPSA) is 49.3 Å². The molecule has 0 unspecified atom stereocenters. The predicted molar refractivity (Wildman–Crippen MR) is 73.9 cm³/mol. The van der Waals surface area contributed by atoms with Crippen molar-refractivity contribution in [2.24, 2.45) is 0 Å². The monoisotopic (exact) mass is 265 g/mol. The van der Waals surface area contributed by atoms with E-state index in [4.69, 9.17) is 12.2 Å². The summed E-state index contributed by atoms with van der Waals surface area (Å²) in [6, 6.07) is 3.55. The number of benzene rings is 1. The summed E-state index contributed by atoms with van der Waals surface area (Å²) in [5, 5.41) is 12.1. The third kappa shape index (κ3) is 2.50. The molecule has 2 N–H and O–H groups in total. The highest BCUT2D eigenvalue weighted by atomic mass is 32.2. The van der Waals surface area contributed by atoms with E-state index in [2.05, 4.69) is 5.32 Å². The van der Waals surface area contributed by atoms with Crippen molar-refractivity contribution in [1.82, 2.24) is 5.32 Å². The van der Waals surface area contributed by atoms with Crippen molar-refractivity contribution >= 4 is 40.3 Å². The van der Waals surface area contributed by atoms with Crippen molar-refractivity contribution in [2.75, 3.05) is 0 Å². The minimum atomic E-state index is -0.162. The number of phenols is 1. The lowest BCUT2D eigenvalue weighted by Gasteiger charge is -2.05. The Bertz CT molecular complexity index is 550. The molecule has 1 aliphatic heterocycles. The van der Waals surface area contributed by atoms with E-state index >= 15 is 0 Å². The third-order valence-corrected chi connectivity index (χ3v) is 3.68. The van der Waals surface area contributed by atoms with Crippen LogP contribution in [0.3, 0.4) is 0 Å². The highest BCUT2D eigenvalue weighted by Crippen LogP contribution is 2.29. The van der Waals surface area contributed by atoms with Crippen LogP contribution in [0.1, 0.15) is 16.7 Å². The molecule has 1 fully saturated rings. The average Bonchev–Trinajstić information content (AvgIpc) is 2.54. The predicted octanol–water partition coefficient (Wildman–Crippen LogP) is 2.50. The third-order valence-electron chi connectivity index (χ3n) is 2.51. The van der Waals surface area contributed by atoms with Crippen LogP contribution in [0.25, 0.3) is 6.08 Å². The Labute approximate surface area is 109 Å². The summed E-state index contributed by atoms with van der Waals surface area (Å²) in [5.41, 5.74) is 2.63. The molecule has 1 saturated heterocycles. The molecule has 0 aliphatic carbocycles. The first kappa shape index (κ1) is 12.1. The number of thioether (sulfide) groups is 1. The van der Waals surface area contributed by atoms with E-state index in [-0.39, 0.29) is 11.7 Å². The Morgan fingerprint density at radius 2 is 2.06 bits per heavy atom. The second-order valence-corrected chi connectivity index (χ2v) is 5.57. The minimum absolute atomic E-state index is 0.162. The molecule has 0 atom stereocenters. The van der Waals surface area contributed by atoms with Gasteiger partial charge < -0.3 is 10.4 Å². The molecule has 1 amide bonds. The molecule has 5 heteroatoms. The van der Waals surface area contributed by atoms with Crippen LogP contribution in [0, 0.1) is 13.8 Å². The average molecular weight is 265 g/mol. The number of phenolic OH excluding ortho intramolecular Hbond substituents is 1. The second-order valence-electron chi connectivity index (χ2n) is 3.85. The maximum Gasteiger partial charge on any atom is 0.263 e. The number of amides is 1. The number of carbonyl (C=O) groups excluding carboxylic acids is 1. The molecule has 1 aromatic carbocycles. The summed E-state index contributed by atoms with van der Waals surface area (Å²) in [7, 11) is 0. The van der Waals surface area contributed by atoms with Gasteiger partial charge in [-0.25, -0.2) is 0 Å². The van der Waals surface area contributed by atoms with Gasteiger partial charge in [0.2, 0.25) is 0 Å². The number of rotatable bonds is 1. The van der Waals surface area contributed by atoms with Gasteiger partial charge in [0.15, 0.2) is 0 Å². The molecule has 2 rings (SSSR count). The summed E-state index contributed by atoms with van der Waals surface area (Å²) >= 11 is 6.18. The molecule has 1 aromatic rings. The quantitative estimate of drug-likeness (QED) is 0.605. The van der Waals surface area contributed by atoms with E-state index in [9.17, 15) is 9.90 Å². The molecular weight excluding hydrogens is 254 g/mol. The zero-order chi connectivity index (χ0) is 12.6. The van der Waals surface area contributed by atoms with Gasteiger partial charge in [-0.2, -0.15) is 0 Å². The molecule has 3 nitrogen and oxygen atoms in total. The molecule has 88 valence electrons. The first-order valence-electron chi connectivity index (χ1n) is 5.02. The molecule has 1 heterocycles. The van der Waals surface area contributed by atoms with Gasteiger partial charge in [-0.15, -0.1) is 0 Å². The van der Waals surface area contributed by atoms with Crippen molar-refractivity contribution in [1.29, 1.82) is 0 Å². The van der Waals surface area contributed by atoms with E-state index in [1.807, 2.05) is 19.9 Å². The van der Waals surface area contributed by atoms with Gasteiger partial charge in [-0.1, -0.05) is 24.0 Å². The first-order chi connectivity index (χ1) is 7.97. The van der Waals surface area contributed by atoms with Crippen molar-refractivity contribution in [3.8, 4) is 5.75 Å². The van der Waals surface area contributed by atoms with Gasteiger partial charge >= 0.3 is 0 Å². The van der Waals surface area contributed by atoms with Crippen molar-refractivity contribution in [3.05, 3.63) is 33.7 Å². The molecule has 0 bridgehead atoms. The highest BCUT2D eigenvalue weighted by molar-refractivity contribution is 8.26. The Morgan fingerprint density at radius 1 is 1.35 bits per heavy atom. The Morgan fingerprint density at radius 3 is 2.65 bits per heavy atom. The van der Waals surface area contributed by atoms with Crippen LogP contribution in [0.5, 0.6) is 5.75 Å². The van der Waals surface area contributed by atoms with Crippen LogP contribution < -0.4 is 5.32 Å². The smallest absolute Gasteiger partial charge is 0.263 e. The summed E-state index contributed by atoms with van der Waals surface area (Å²) in [4.78, 5) is 12.1. The van der Waals surface area contributed by atoms with Gasteiger partial charge in [0.25, 0.3) is 5.91 Å². The fourth-order valence-electron chi connectivity index (χ4n) is 1.54. The van der Waals surface area contributed by atoms with Crippen LogP contribution in [0.15, 0.2) is 17.0 Å². The maximum absolute atomic E-state index is 11.5. The highest BCUT2D eigenvalue weighted by Gasteiger charge is 2.22. The van der Waals surface area contributed by atoms with Crippen LogP contribution in [-0.4, -0.2) is 15.3 Å². The summed E-state index contributed by atoms with van der Waals surface area (Å²) in [6.45, 7) is 3.71. The van der Waals surface area contributed by atoms with Crippen LogP contribution in [-0.2, 0) is 4.79 Å². The summed E-state index contributed by atoms with van der Waals surface area (Å²) in [6.07, 6.45) is 1.79. The van der Waals surface area contributed by atoms with E-state index in [1.165, 1.54) is 11.8 Å². The number of hydrogen-bond acceptors (Lipinski definition) is 4. The van der Waals surface area contributed by atoms with E-state index in [0.29, 0.717) is 9.23 Å². The van der Waals surface area contributed by atoms with Crippen LogP contribution in [0.2, 0.25) is 0 Å². The Balaban J connectivity index is 2.42. The SMILES string of the molecule is Cc1cc(/C=C2\SC(=S)NC2=O)c(C)cc1O. The lowest BCUT2D eigenvalue weighted by Crippen LogP contribution is -2.17. The fraction of sp³-hybridized carbons (Fsp3) is 0.167. The van der Waals surface area contributed by atoms with Gasteiger partial charge in [0.05, 0.1) is 4.91 Å². The van der Waals surface area contributed by atoms with Crippen molar-refractivity contribution in [3.63, 3.8) is 0 Å². The zero-order valence-corrected chi connectivity index (χ0v) is 11.0. The fourth-order valence-corrected chi connectivity index (χ4v) is 2.58. The Kier molecular flexibility index (Phi) is 3.22. The maximum atomic E-state index is 11.5. The second kappa shape index (κ2) is 4.50. The largest absolute Gasteiger partial charge is 0.508 e. The number of hydrogen-bond donors (Lipinski definition) is 2. The zero-order valence-electron chi connectivity index (χ0n) is 9.40. The van der Waals surface area contributed by atoms with Crippen molar-refractivity contribution < 1.29 is 9.90 Å². The number of nitrogens with one attached hydrogen (secondary N) is 1.